The molecule has 1 rings (SSSR count). The summed E-state index contributed by atoms with van der Waals surface area (Å²) in [6.07, 6.45) is 0. The van der Waals surface area contributed by atoms with E-state index >= 15 is 0 Å². The maximum absolute atomic E-state index is 11.0. The van der Waals surface area contributed by atoms with Gasteiger partial charge in [-0.3, -0.25) is 14.5 Å². The van der Waals surface area contributed by atoms with Gasteiger partial charge in [0.15, 0.2) is 0 Å². The standard InChI is InChI=1S/C7H8N2O3/c1-5(2-8)9-6(10)3-12-4-7(9)11/h5H,3-4H2,1H3. The largest absolute Gasteiger partial charge is 0.362 e. The van der Waals surface area contributed by atoms with Crippen molar-refractivity contribution < 1.29 is 14.3 Å². The summed E-state index contributed by atoms with van der Waals surface area (Å²) in [7, 11) is 0. The van der Waals surface area contributed by atoms with E-state index in [2.05, 4.69) is 4.74 Å². The first kappa shape index (κ1) is 8.68. The van der Waals surface area contributed by atoms with E-state index in [1.165, 1.54) is 6.92 Å². The molecule has 1 heterocycles. The van der Waals surface area contributed by atoms with Gasteiger partial charge in [-0.25, -0.2) is 0 Å². The SMILES string of the molecule is CC(C#N)N1C(=O)COCC1=O. The Morgan fingerprint density at radius 1 is 1.50 bits per heavy atom. The third-order valence-corrected chi connectivity index (χ3v) is 1.56. The van der Waals surface area contributed by atoms with E-state index in [9.17, 15) is 9.59 Å². The summed E-state index contributed by atoms with van der Waals surface area (Å²) in [4.78, 5) is 23.0. The van der Waals surface area contributed by atoms with Crippen molar-refractivity contribution in [3.05, 3.63) is 0 Å². The summed E-state index contributed by atoms with van der Waals surface area (Å²) in [5.74, 6) is -0.888. The molecule has 2 amide bonds. The quantitative estimate of drug-likeness (QED) is 0.484. The van der Waals surface area contributed by atoms with Crippen LogP contribution in [-0.4, -0.2) is 36.0 Å². The first-order valence-corrected chi connectivity index (χ1v) is 3.49. The van der Waals surface area contributed by atoms with Gasteiger partial charge in [-0.15, -0.1) is 0 Å². The van der Waals surface area contributed by atoms with E-state index in [-0.39, 0.29) is 13.2 Å². The molecule has 0 aliphatic carbocycles. The van der Waals surface area contributed by atoms with Crippen molar-refractivity contribution in [2.45, 2.75) is 13.0 Å². The highest BCUT2D eigenvalue weighted by Gasteiger charge is 2.30. The molecule has 0 bridgehead atoms. The van der Waals surface area contributed by atoms with Crippen LogP contribution in [0.3, 0.4) is 0 Å². The topological polar surface area (TPSA) is 70.4 Å². The van der Waals surface area contributed by atoms with Crippen LogP contribution in [0.5, 0.6) is 0 Å². The number of morpholine rings is 1. The number of hydrogen-bond donors (Lipinski definition) is 0. The molecule has 1 fully saturated rings. The minimum absolute atomic E-state index is 0.113. The van der Waals surface area contributed by atoms with Gasteiger partial charge in [0, 0.05) is 0 Å². The van der Waals surface area contributed by atoms with Crippen molar-refractivity contribution in [3.63, 3.8) is 0 Å². The molecule has 0 aromatic heterocycles. The molecule has 0 aromatic rings. The van der Waals surface area contributed by atoms with Crippen LogP contribution in [0.1, 0.15) is 6.92 Å². The summed E-state index contributed by atoms with van der Waals surface area (Å²) in [6.45, 7) is 1.27. The van der Waals surface area contributed by atoms with Gasteiger partial charge in [0.1, 0.15) is 19.3 Å². The van der Waals surface area contributed by atoms with Crippen molar-refractivity contribution >= 4 is 11.8 Å². The van der Waals surface area contributed by atoms with Crippen LogP contribution in [0.15, 0.2) is 0 Å². The number of imide groups is 1. The van der Waals surface area contributed by atoms with Crippen molar-refractivity contribution in [2.24, 2.45) is 0 Å². The summed E-state index contributed by atoms with van der Waals surface area (Å²) in [5.41, 5.74) is 0. The zero-order valence-corrected chi connectivity index (χ0v) is 6.61. The zero-order chi connectivity index (χ0) is 9.14. The first-order valence-electron chi connectivity index (χ1n) is 3.49. The third kappa shape index (κ3) is 1.43. The Morgan fingerprint density at radius 3 is 2.42 bits per heavy atom. The van der Waals surface area contributed by atoms with Gasteiger partial charge in [-0.2, -0.15) is 5.26 Å². The number of amides is 2. The van der Waals surface area contributed by atoms with E-state index in [4.69, 9.17) is 5.26 Å². The molecule has 1 saturated heterocycles. The lowest BCUT2D eigenvalue weighted by molar-refractivity contribution is -0.159. The predicted octanol–water partition coefficient (Wildman–Crippen LogP) is -0.716. The van der Waals surface area contributed by atoms with Gasteiger partial charge in [-0.1, -0.05) is 0 Å². The normalized spacial score (nSPS) is 20.5. The molecule has 1 unspecified atom stereocenters. The fraction of sp³-hybridized carbons (Fsp3) is 0.571. The Bertz CT molecular complexity index is 240. The number of carbonyl (C=O) groups excluding carboxylic acids is 2. The van der Waals surface area contributed by atoms with Gasteiger partial charge in [0.05, 0.1) is 6.07 Å². The fourth-order valence-corrected chi connectivity index (χ4v) is 0.994. The number of nitrogens with zero attached hydrogens (tertiary/aromatic N) is 2. The van der Waals surface area contributed by atoms with Crippen LogP contribution in [0.4, 0.5) is 0 Å². The first-order chi connectivity index (χ1) is 5.66. The highest BCUT2D eigenvalue weighted by atomic mass is 16.5. The lowest BCUT2D eigenvalue weighted by atomic mass is 10.3. The molecule has 64 valence electrons. The monoisotopic (exact) mass is 168 g/mol. The number of carbonyl (C=O) groups is 2. The smallest absolute Gasteiger partial charge is 0.256 e. The molecule has 0 N–H and O–H groups in total. The van der Waals surface area contributed by atoms with Crippen LogP contribution >= 0.6 is 0 Å². The van der Waals surface area contributed by atoms with Crippen LogP contribution in [0.2, 0.25) is 0 Å². The highest BCUT2D eigenvalue weighted by Crippen LogP contribution is 2.05. The van der Waals surface area contributed by atoms with Crippen molar-refractivity contribution in [1.82, 2.24) is 4.90 Å². The molecule has 0 radical (unpaired) electrons. The second-order valence-electron chi connectivity index (χ2n) is 2.46. The number of nitriles is 1. The fourth-order valence-electron chi connectivity index (χ4n) is 0.994. The molecule has 1 aliphatic rings. The van der Waals surface area contributed by atoms with Crippen molar-refractivity contribution in [1.29, 1.82) is 5.26 Å². The molecular formula is C7H8N2O3. The summed E-state index contributed by atoms with van der Waals surface area (Å²) >= 11 is 0. The predicted molar refractivity (Wildman–Crippen MR) is 37.7 cm³/mol. The Balaban J connectivity index is 2.78. The van der Waals surface area contributed by atoms with Crippen molar-refractivity contribution in [3.8, 4) is 6.07 Å². The van der Waals surface area contributed by atoms with E-state index in [0.29, 0.717) is 0 Å². The minimum atomic E-state index is -0.700. The maximum atomic E-state index is 11.0. The van der Waals surface area contributed by atoms with Gasteiger partial charge in [0.25, 0.3) is 11.8 Å². The van der Waals surface area contributed by atoms with Crippen LogP contribution < -0.4 is 0 Å². The summed E-state index contributed by atoms with van der Waals surface area (Å²) in [6, 6.07) is 1.12. The molecular weight excluding hydrogens is 160 g/mol. The Hall–Kier alpha value is -1.41. The molecule has 0 aromatic carbocycles. The highest BCUT2D eigenvalue weighted by molar-refractivity contribution is 5.98. The van der Waals surface area contributed by atoms with Gasteiger partial charge in [-0.05, 0) is 6.92 Å². The maximum Gasteiger partial charge on any atom is 0.256 e. The molecule has 1 aliphatic heterocycles. The molecule has 5 heteroatoms. The summed E-state index contributed by atoms with van der Waals surface area (Å²) in [5, 5.41) is 8.49. The van der Waals surface area contributed by atoms with E-state index in [1.54, 1.807) is 0 Å². The lowest BCUT2D eigenvalue weighted by Crippen LogP contribution is -2.50. The molecule has 0 spiro atoms. The van der Waals surface area contributed by atoms with E-state index in [1.807, 2.05) is 6.07 Å². The molecule has 1 atom stereocenters. The zero-order valence-electron chi connectivity index (χ0n) is 6.61. The van der Waals surface area contributed by atoms with Gasteiger partial charge in [0.2, 0.25) is 0 Å². The summed E-state index contributed by atoms with van der Waals surface area (Å²) < 4.78 is 4.67. The number of ether oxygens (including phenoxy) is 1. The van der Waals surface area contributed by atoms with E-state index < -0.39 is 17.9 Å². The Labute approximate surface area is 69.5 Å². The van der Waals surface area contributed by atoms with Crippen LogP contribution in [0.25, 0.3) is 0 Å². The second kappa shape index (κ2) is 3.32. The molecule has 0 saturated carbocycles. The van der Waals surface area contributed by atoms with Gasteiger partial charge < -0.3 is 4.74 Å². The second-order valence-corrected chi connectivity index (χ2v) is 2.46. The Kier molecular flexibility index (Phi) is 2.41. The average Bonchev–Trinajstić information content (AvgIpc) is 2.03. The third-order valence-electron chi connectivity index (χ3n) is 1.56. The van der Waals surface area contributed by atoms with Gasteiger partial charge >= 0.3 is 0 Å². The minimum Gasteiger partial charge on any atom is -0.362 e. The Morgan fingerprint density at radius 2 is 2.00 bits per heavy atom. The van der Waals surface area contributed by atoms with E-state index in [0.717, 1.165) is 4.90 Å². The average molecular weight is 168 g/mol. The van der Waals surface area contributed by atoms with Crippen LogP contribution in [0, 0.1) is 11.3 Å². The number of rotatable bonds is 1. The van der Waals surface area contributed by atoms with Crippen LogP contribution in [-0.2, 0) is 14.3 Å². The number of hydrogen-bond acceptors (Lipinski definition) is 4. The lowest BCUT2D eigenvalue weighted by Gasteiger charge is -2.26. The van der Waals surface area contributed by atoms with Crippen molar-refractivity contribution in [2.75, 3.05) is 13.2 Å². The molecule has 5 nitrogen and oxygen atoms in total. The molecule has 12 heavy (non-hydrogen) atoms.